The quantitative estimate of drug-likeness (QED) is 0.0167. The molecule has 7 heterocycles. The van der Waals surface area contributed by atoms with Gasteiger partial charge in [0.2, 0.25) is 18.2 Å². The lowest BCUT2D eigenvalue weighted by Crippen LogP contribution is -2.49. The van der Waals surface area contributed by atoms with Gasteiger partial charge >= 0.3 is 5.97 Å². The number of aryl methyl sites for hydroxylation is 1. The van der Waals surface area contributed by atoms with Crippen LogP contribution in [0.5, 0.6) is 5.75 Å². The summed E-state index contributed by atoms with van der Waals surface area (Å²) in [6.07, 6.45) is 1.02. The maximum Gasteiger partial charge on any atom is 0.351 e. The number of hydrogen-bond acceptors (Lipinski definition) is 23. The van der Waals surface area contributed by atoms with Crippen molar-refractivity contribution in [2.75, 3.05) is 0 Å². The van der Waals surface area contributed by atoms with E-state index in [4.69, 9.17) is 25.8 Å². The number of carboxylic acid groups (broad SMARTS) is 1. The Labute approximate surface area is 536 Å². The van der Waals surface area contributed by atoms with Gasteiger partial charge in [-0.15, -0.1) is 68.0 Å². The van der Waals surface area contributed by atoms with Gasteiger partial charge in [0.1, 0.15) is 93.8 Å². The fourth-order valence-corrected chi connectivity index (χ4v) is 13.9. The average Bonchev–Trinajstić information content (AvgIpc) is 2.48. The van der Waals surface area contributed by atoms with Gasteiger partial charge in [0.25, 0.3) is 23.6 Å². The van der Waals surface area contributed by atoms with E-state index in [1.807, 2.05) is 41.4 Å². The Morgan fingerprint density at radius 3 is 2.08 bits per heavy atom. The Hall–Kier alpha value is -9.63. The first kappa shape index (κ1) is 64.8. The number of aromatic nitrogens is 7. The number of carboxylic acids is 1. The number of carbonyl (C=O) groups is 8. The van der Waals surface area contributed by atoms with Crippen molar-refractivity contribution in [1.82, 2.24) is 66.8 Å². The molecule has 0 aliphatic carbocycles. The largest absolute Gasteiger partial charge is 0.508 e. The fourth-order valence-electron chi connectivity index (χ4n) is 8.74. The molecular weight excluding hydrogens is 1270 g/mol. The number of nitrogens with two attached hydrogens (primary N) is 1. The van der Waals surface area contributed by atoms with Gasteiger partial charge in [-0.25, -0.2) is 39.7 Å². The first-order valence-corrected chi connectivity index (χ1v) is 32.3. The van der Waals surface area contributed by atoms with E-state index in [1.165, 1.54) is 56.9 Å². The van der Waals surface area contributed by atoms with Gasteiger partial charge in [-0.05, 0) is 48.2 Å². The smallest absolute Gasteiger partial charge is 0.351 e. The zero-order valence-electron chi connectivity index (χ0n) is 47.7. The summed E-state index contributed by atoms with van der Waals surface area (Å²) in [5.74, 6) is -6.09. The van der Waals surface area contributed by atoms with Crippen LogP contribution in [-0.4, -0.2) is 104 Å². The number of amides is 7. The molecule has 0 aliphatic rings. The third-order valence-corrected chi connectivity index (χ3v) is 19.1. The molecule has 0 aliphatic heterocycles. The standard InChI is InChI=1S/C59H54N14O11S6/c1-6-27(2)43(57-70-41(25-89-57)55-67-38(22-86-55)45-34(53-61-18-19-85-53)16-17-35(65-45)54-68-39(23-87-54)50(80)63-28(3)48(78)64-29(4)59(83)84)71-49(79)36(20-31-12-14-33(75)15-13-31)66-51(81)40-24-88-58(69-40)46(47(77)32-10-8-7-9-11-32)72-52(82)44-30(5)90-56(73-44)37(62-26-74)21-42(60)76/h7-19,22-27,36-37,43,46-47,75,77H,3-4,6,20-21H2,1-2,5H3,(H2,60,76)(H,62,74)(H,63,80)(H,64,78)(H,66,81)(H,71,79)(H,72,82)(H,83,84). The predicted molar refractivity (Wildman–Crippen MR) is 340 cm³/mol. The van der Waals surface area contributed by atoms with E-state index in [0.29, 0.717) is 77.2 Å². The Bertz CT molecular complexity index is 4160. The highest BCUT2D eigenvalue weighted by Crippen LogP contribution is 2.39. The van der Waals surface area contributed by atoms with Crippen LogP contribution in [0.4, 0.5) is 0 Å². The summed E-state index contributed by atoms with van der Waals surface area (Å²) in [5, 5.41) is 57.6. The van der Waals surface area contributed by atoms with E-state index in [2.05, 4.69) is 59.7 Å². The number of thiazole rings is 6. The average molecular weight is 1330 g/mol. The van der Waals surface area contributed by atoms with E-state index in [9.17, 15) is 48.6 Å². The van der Waals surface area contributed by atoms with Gasteiger partial charge in [-0.2, -0.15) is 0 Å². The van der Waals surface area contributed by atoms with E-state index in [0.717, 1.165) is 34.0 Å². The number of aliphatic hydroxyl groups is 1. The normalized spacial score (nSPS) is 13.1. The predicted octanol–water partition coefficient (Wildman–Crippen LogP) is 7.57. The number of aromatic hydroxyl groups is 1. The van der Waals surface area contributed by atoms with Crippen LogP contribution in [-0.2, 0) is 30.4 Å². The number of primary amides is 1. The zero-order valence-corrected chi connectivity index (χ0v) is 52.6. The Morgan fingerprint density at radius 2 is 1.38 bits per heavy atom. The van der Waals surface area contributed by atoms with Crippen molar-refractivity contribution < 1.29 is 53.7 Å². The molecule has 90 heavy (non-hydrogen) atoms. The molecule has 2 aromatic carbocycles. The first-order valence-electron chi connectivity index (χ1n) is 27.0. The van der Waals surface area contributed by atoms with Gasteiger partial charge in [0.05, 0.1) is 29.9 Å². The molecule has 25 nitrogen and oxygen atoms in total. The Morgan fingerprint density at radius 1 is 0.689 bits per heavy atom. The van der Waals surface area contributed by atoms with Gasteiger partial charge in [-0.3, -0.25) is 33.6 Å². The number of nitrogens with zero attached hydrogens (tertiary/aromatic N) is 7. The van der Waals surface area contributed by atoms with Crippen molar-refractivity contribution in [2.24, 2.45) is 11.7 Å². The molecule has 462 valence electrons. The number of pyridine rings is 1. The van der Waals surface area contributed by atoms with Crippen LogP contribution in [0.3, 0.4) is 0 Å². The summed E-state index contributed by atoms with van der Waals surface area (Å²) in [5.41, 5.74) is 7.73. The van der Waals surface area contributed by atoms with Gasteiger partial charge in [0, 0.05) is 50.0 Å². The van der Waals surface area contributed by atoms with Gasteiger partial charge < -0.3 is 53.0 Å². The highest BCUT2D eigenvalue weighted by Gasteiger charge is 2.34. The number of aliphatic hydroxyl groups excluding tert-OH is 1. The fraction of sp³-hybridized carbons (Fsp3) is 0.203. The Balaban J connectivity index is 0.944. The zero-order chi connectivity index (χ0) is 64.3. The molecule has 0 fully saturated rings. The minimum Gasteiger partial charge on any atom is -0.508 e. The molecule has 9 aromatic rings. The molecule has 9 rings (SSSR count). The number of phenolic OH excluding ortho intramolecular Hbond substituents is 1. The highest BCUT2D eigenvalue weighted by molar-refractivity contribution is 7.15. The third-order valence-electron chi connectivity index (χ3n) is 13.6. The number of rotatable bonds is 28. The first-order chi connectivity index (χ1) is 43.2. The number of carbonyl (C=O) groups excluding carboxylic acids is 7. The summed E-state index contributed by atoms with van der Waals surface area (Å²) in [6, 6.07) is 14.2. The maximum absolute atomic E-state index is 14.8. The number of hydrogen-bond donors (Lipinski definition) is 10. The van der Waals surface area contributed by atoms with Crippen molar-refractivity contribution in [3.63, 3.8) is 0 Å². The molecule has 7 aromatic heterocycles. The van der Waals surface area contributed by atoms with Crippen molar-refractivity contribution >= 4 is 116 Å². The molecule has 7 amide bonds. The van der Waals surface area contributed by atoms with Crippen LogP contribution >= 0.6 is 68.0 Å². The molecule has 0 spiro atoms. The summed E-state index contributed by atoms with van der Waals surface area (Å²) >= 11 is 7.21. The molecule has 11 N–H and O–H groups in total. The van der Waals surface area contributed by atoms with Crippen LogP contribution in [0.15, 0.2) is 124 Å². The van der Waals surface area contributed by atoms with E-state index in [-0.39, 0.29) is 51.6 Å². The lowest BCUT2D eigenvalue weighted by molar-refractivity contribution is -0.134. The van der Waals surface area contributed by atoms with E-state index in [1.54, 1.807) is 61.7 Å². The summed E-state index contributed by atoms with van der Waals surface area (Å²) < 4.78 is 0. The molecule has 31 heteroatoms. The maximum atomic E-state index is 14.8. The topological polar surface area (TPSA) is 386 Å². The monoisotopic (exact) mass is 1330 g/mol. The van der Waals surface area contributed by atoms with Crippen LogP contribution in [0.1, 0.15) is 113 Å². The van der Waals surface area contributed by atoms with Crippen LogP contribution in [0, 0.1) is 12.8 Å². The number of aliphatic carboxylic acids is 1. The van der Waals surface area contributed by atoms with Crippen LogP contribution < -0.4 is 37.6 Å². The second kappa shape index (κ2) is 29.1. The summed E-state index contributed by atoms with van der Waals surface area (Å²) in [4.78, 5) is 136. The molecule has 0 radical (unpaired) electrons. The van der Waals surface area contributed by atoms with Crippen molar-refractivity contribution in [3.8, 4) is 49.1 Å². The minimum atomic E-state index is -1.46. The molecule has 0 saturated carbocycles. The second-order valence-electron chi connectivity index (χ2n) is 19.9. The van der Waals surface area contributed by atoms with Crippen LogP contribution in [0.2, 0.25) is 0 Å². The van der Waals surface area contributed by atoms with Gasteiger partial charge in [-0.1, -0.05) is 75.9 Å². The van der Waals surface area contributed by atoms with Crippen molar-refractivity contribution in [3.05, 3.63) is 172 Å². The summed E-state index contributed by atoms with van der Waals surface area (Å²) in [6.45, 7) is 12.3. The molecule has 6 unspecified atom stereocenters. The lowest BCUT2D eigenvalue weighted by atomic mass is 9.98. The van der Waals surface area contributed by atoms with Crippen molar-refractivity contribution in [2.45, 2.75) is 70.3 Å². The Kier molecular flexibility index (Phi) is 21.0. The third kappa shape index (κ3) is 15.6. The van der Waals surface area contributed by atoms with Crippen LogP contribution in [0.25, 0.3) is 43.4 Å². The van der Waals surface area contributed by atoms with E-state index < -0.39 is 83.1 Å². The molecule has 0 saturated heterocycles. The number of benzene rings is 2. The molecular formula is C59H54N14O11S6. The summed E-state index contributed by atoms with van der Waals surface area (Å²) in [7, 11) is 0. The lowest BCUT2D eigenvalue weighted by Gasteiger charge is -2.26. The second-order valence-corrected chi connectivity index (χ2v) is 25.5. The van der Waals surface area contributed by atoms with Gasteiger partial charge in [0.15, 0.2) is 0 Å². The minimum absolute atomic E-state index is 0.00307. The number of nitrogens with one attached hydrogen (secondary N) is 6. The van der Waals surface area contributed by atoms with Crippen molar-refractivity contribution in [1.29, 1.82) is 0 Å². The SMILES string of the molecule is C=C(NC(=O)C(=C)NC(=O)c1csc(-c2ccc(-c3nccs3)c(-c3csc(-c4csc(C(NC(=O)C(Cc5ccc(O)cc5)NC(=O)c5csc(C(NC(=O)c6nc(C(CC(N)=O)NC=O)sc6C)C(O)c6ccccc6)n5)C(C)CC)n4)n3)n2)n1)C(=O)O. The molecule has 6 atom stereocenters. The molecule has 0 bridgehead atoms. The number of phenols is 1. The van der Waals surface area contributed by atoms with E-state index >= 15 is 0 Å². The highest BCUT2D eigenvalue weighted by atomic mass is 32.1.